The third kappa shape index (κ3) is 3.63. The Bertz CT molecular complexity index is 1100. The van der Waals surface area contributed by atoms with E-state index in [4.69, 9.17) is 9.47 Å². The van der Waals surface area contributed by atoms with Gasteiger partial charge in [0.1, 0.15) is 23.4 Å². The van der Waals surface area contributed by atoms with E-state index in [9.17, 15) is 0 Å². The highest BCUT2D eigenvalue weighted by molar-refractivity contribution is 5.75. The van der Waals surface area contributed by atoms with Crippen molar-refractivity contribution in [2.45, 2.75) is 6.61 Å². The molecule has 1 aromatic carbocycles. The summed E-state index contributed by atoms with van der Waals surface area (Å²) in [6.07, 6.45) is 6.91. The van der Waals surface area contributed by atoms with Gasteiger partial charge in [0.25, 0.3) is 0 Å². The van der Waals surface area contributed by atoms with Crippen LogP contribution in [0.2, 0.25) is 0 Å². The predicted octanol–water partition coefficient (Wildman–Crippen LogP) is 2.99. The van der Waals surface area contributed by atoms with Gasteiger partial charge in [-0.05, 0) is 6.07 Å². The molecule has 0 aliphatic carbocycles. The van der Waals surface area contributed by atoms with Crippen LogP contribution in [-0.4, -0.2) is 43.2 Å². The third-order valence-corrected chi connectivity index (χ3v) is 4.36. The summed E-state index contributed by atoms with van der Waals surface area (Å²) in [5.41, 5.74) is 4.25. The lowest BCUT2D eigenvalue weighted by molar-refractivity contribution is 0.0852. The molecule has 0 atom stereocenters. The van der Waals surface area contributed by atoms with Crippen LogP contribution in [0.15, 0.2) is 49.4 Å². The van der Waals surface area contributed by atoms with Crippen molar-refractivity contribution in [3.05, 3.63) is 60.7 Å². The summed E-state index contributed by atoms with van der Waals surface area (Å²) in [4.78, 5) is 8.94. The van der Waals surface area contributed by atoms with Gasteiger partial charge in [-0.2, -0.15) is 10.2 Å². The molecule has 3 aromatic heterocycles. The first kappa shape index (κ1) is 17.9. The van der Waals surface area contributed by atoms with Crippen molar-refractivity contribution in [2.75, 3.05) is 13.2 Å². The van der Waals surface area contributed by atoms with Gasteiger partial charge in [-0.1, -0.05) is 30.9 Å². The monoisotopic (exact) mass is 376 g/mol. The quantitative estimate of drug-likeness (QED) is 0.476. The van der Waals surface area contributed by atoms with Crippen molar-refractivity contribution < 1.29 is 9.47 Å². The second-order valence-electron chi connectivity index (χ2n) is 6.13. The van der Waals surface area contributed by atoms with Crippen molar-refractivity contribution in [1.82, 2.24) is 29.9 Å². The van der Waals surface area contributed by atoms with E-state index in [1.54, 1.807) is 29.3 Å². The van der Waals surface area contributed by atoms with Gasteiger partial charge in [0.05, 0.1) is 43.1 Å². The fraction of sp³-hybridized carbons (Fsp3) is 0.200. The highest BCUT2D eigenvalue weighted by Gasteiger charge is 2.14. The molecule has 0 bridgehead atoms. The van der Waals surface area contributed by atoms with E-state index in [0.717, 1.165) is 33.6 Å². The Hall–Kier alpha value is -3.52. The molecule has 0 aliphatic heterocycles. The molecular formula is C20H20N6O2. The summed E-state index contributed by atoms with van der Waals surface area (Å²) < 4.78 is 13.4. The molecule has 28 heavy (non-hydrogen) atoms. The van der Waals surface area contributed by atoms with Crippen molar-refractivity contribution in [3.8, 4) is 17.1 Å². The molecule has 8 heteroatoms. The number of aromatic amines is 1. The van der Waals surface area contributed by atoms with Crippen LogP contribution < -0.4 is 4.74 Å². The maximum absolute atomic E-state index is 5.80. The molecule has 4 rings (SSSR count). The summed E-state index contributed by atoms with van der Waals surface area (Å²) in [5.74, 6) is 1.39. The zero-order chi connectivity index (χ0) is 19.3. The molecule has 3 heterocycles. The number of aryl methyl sites for hydroxylation is 1. The van der Waals surface area contributed by atoms with Crippen molar-refractivity contribution >= 4 is 17.1 Å². The predicted molar refractivity (Wildman–Crippen MR) is 106 cm³/mol. The largest absolute Gasteiger partial charge is 0.491 e. The number of nitrogens with one attached hydrogen (secondary N) is 1. The normalized spacial score (nSPS) is 11.0. The van der Waals surface area contributed by atoms with Crippen LogP contribution >= 0.6 is 0 Å². The number of nitrogens with zero attached hydrogens (tertiary/aromatic N) is 5. The van der Waals surface area contributed by atoms with Crippen LogP contribution in [-0.2, 0) is 18.4 Å². The number of hydrogen-bond donors (Lipinski definition) is 1. The molecule has 0 amide bonds. The minimum atomic E-state index is 0.380. The van der Waals surface area contributed by atoms with Crippen LogP contribution in [0, 0.1) is 0 Å². The minimum absolute atomic E-state index is 0.380. The van der Waals surface area contributed by atoms with E-state index in [1.807, 2.05) is 31.3 Å². The minimum Gasteiger partial charge on any atom is -0.491 e. The van der Waals surface area contributed by atoms with E-state index >= 15 is 0 Å². The van der Waals surface area contributed by atoms with E-state index in [2.05, 4.69) is 31.8 Å². The first-order valence-corrected chi connectivity index (χ1v) is 8.85. The molecule has 0 spiro atoms. The van der Waals surface area contributed by atoms with Gasteiger partial charge in [0.15, 0.2) is 5.82 Å². The number of ether oxygens (including phenoxy) is 2. The number of rotatable bonds is 8. The van der Waals surface area contributed by atoms with Gasteiger partial charge in [0, 0.05) is 12.6 Å². The van der Waals surface area contributed by atoms with Crippen molar-refractivity contribution in [1.29, 1.82) is 0 Å². The summed E-state index contributed by atoms with van der Waals surface area (Å²) in [6, 6.07) is 7.76. The lowest BCUT2D eigenvalue weighted by Gasteiger charge is -2.10. The van der Waals surface area contributed by atoms with Crippen LogP contribution in [0.25, 0.3) is 28.5 Å². The zero-order valence-corrected chi connectivity index (χ0v) is 15.5. The fourth-order valence-electron chi connectivity index (χ4n) is 2.85. The lowest BCUT2D eigenvalue weighted by atomic mass is 10.2. The van der Waals surface area contributed by atoms with Gasteiger partial charge in [-0.15, -0.1) is 0 Å². The Kier molecular flexibility index (Phi) is 5.11. The number of hydrogen-bond acceptors (Lipinski definition) is 6. The molecule has 4 aromatic rings. The maximum Gasteiger partial charge on any atom is 0.163 e. The van der Waals surface area contributed by atoms with Crippen LogP contribution in [0.4, 0.5) is 0 Å². The molecule has 0 saturated heterocycles. The van der Waals surface area contributed by atoms with Gasteiger partial charge >= 0.3 is 0 Å². The molecule has 0 unspecified atom stereocenters. The average Bonchev–Trinajstić information content (AvgIpc) is 3.34. The molecule has 0 aliphatic rings. The number of aromatic nitrogens is 6. The van der Waals surface area contributed by atoms with Crippen molar-refractivity contribution in [2.24, 2.45) is 7.05 Å². The highest BCUT2D eigenvalue weighted by Crippen LogP contribution is 2.22. The number of benzene rings is 1. The third-order valence-electron chi connectivity index (χ3n) is 4.36. The summed E-state index contributed by atoms with van der Waals surface area (Å²) >= 11 is 0. The van der Waals surface area contributed by atoms with Gasteiger partial charge in [-0.25, -0.2) is 9.97 Å². The number of para-hydroxylation sites is 1. The molecule has 142 valence electrons. The van der Waals surface area contributed by atoms with Gasteiger partial charge in [0.2, 0.25) is 0 Å². The molecule has 0 fully saturated rings. The first-order chi connectivity index (χ1) is 13.8. The number of fused-ring (bicyclic) bond motifs is 1. The Labute approximate surface area is 161 Å². The molecular weight excluding hydrogens is 356 g/mol. The van der Waals surface area contributed by atoms with E-state index < -0.39 is 0 Å². The van der Waals surface area contributed by atoms with E-state index in [0.29, 0.717) is 25.6 Å². The number of H-pyrrole nitrogens is 1. The average molecular weight is 376 g/mol. The Morgan fingerprint density at radius 1 is 1.18 bits per heavy atom. The molecule has 1 N–H and O–H groups in total. The molecule has 8 nitrogen and oxygen atoms in total. The first-order valence-electron chi connectivity index (χ1n) is 8.85. The smallest absolute Gasteiger partial charge is 0.163 e. The second kappa shape index (κ2) is 8.01. The summed E-state index contributed by atoms with van der Waals surface area (Å²) in [5, 5.41) is 11.1. The van der Waals surface area contributed by atoms with E-state index in [1.165, 1.54) is 0 Å². The maximum atomic E-state index is 5.80. The Morgan fingerprint density at radius 3 is 2.96 bits per heavy atom. The van der Waals surface area contributed by atoms with E-state index in [-0.39, 0.29) is 0 Å². The second-order valence-corrected chi connectivity index (χ2v) is 6.13. The van der Waals surface area contributed by atoms with Crippen LogP contribution in [0.1, 0.15) is 11.3 Å². The Morgan fingerprint density at radius 2 is 2.07 bits per heavy atom. The van der Waals surface area contributed by atoms with Crippen LogP contribution in [0.3, 0.4) is 0 Å². The summed E-state index contributed by atoms with van der Waals surface area (Å²) in [6.45, 7) is 5.06. The topological polar surface area (TPSA) is 90.7 Å². The summed E-state index contributed by atoms with van der Waals surface area (Å²) in [7, 11) is 1.87. The molecule has 0 radical (unpaired) electrons. The standard InChI is InChI=1S/C20H20N6O2/c1-3-14-6-4-5-7-19(14)28-9-8-27-13-18-15(10-23-26(18)2)20-21-11-17-16(24-20)12-22-25-17/h3-7,10-12H,1,8-9,13H2,2H3,(H,22,25). The Balaban J connectivity index is 1.39. The van der Waals surface area contributed by atoms with Crippen molar-refractivity contribution in [3.63, 3.8) is 0 Å². The van der Waals surface area contributed by atoms with Crippen LogP contribution in [0.5, 0.6) is 5.75 Å². The lowest BCUT2D eigenvalue weighted by Crippen LogP contribution is -2.09. The SMILES string of the molecule is C=Cc1ccccc1OCCOCc1c(-c2ncc3[nH]ncc3n2)cnn1C. The van der Waals surface area contributed by atoms with Gasteiger partial charge in [-0.3, -0.25) is 9.78 Å². The fourth-order valence-corrected chi connectivity index (χ4v) is 2.85. The highest BCUT2D eigenvalue weighted by atomic mass is 16.5. The zero-order valence-electron chi connectivity index (χ0n) is 15.5. The van der Waals surface area contributed by atoms with Gasteiger partial charge < -0.3 is 9.47 Å². The molecule has 0 saturated carbocycles.